The van der Waals surface area contributed by atoms with E-state index in [1.165, 1.54) is 18.3 Å². The first-order chi connectivity index (χ1) is 11.8. The third-order valence-electron chi connectivity index (χ3n) is 4.99. The summed E-state index contributed by atoms with van der Waals surface area (Å²) >= 11 is 0. The predicted octanol–water partition coefficient (Wildman–Crippen LogP) is 2.72. The Bertz CT molecular complexity index is 963. The zero-order valence-corrected chi connectivity index (χ0v) is 15.3. The van der Waals surface area contributed by atoms with Crippen LogP contribution in [0.1, 0.15) is 48.0 Å². The molecule has 0 radical (unpaired) electrons. The van der Waals surface area contributed by atoms with E-state index in [4.69, 9.17) is 0 Å². The lowest BCUT2D eigenvalue weighted by molar-refractivity contribution is 0.0876. The van der Waals surface area contributed by atoms with Gasteiger partial charge in [-0.25, -0.2) is 17.8 Å². The highest BCUT2D eigenvalue weighted by molar-refractivity contribution is 7.90. The largest absolute Gasteiger partial charge is 0.349 e. The molecule has 0 unspecified atom stereocenters. The Balaban J connectivity index is 1.92. The molecule has 0 amide bonds. The molecular formula is C18H22N2O4S. The Morgan fingerprint density at radius 3 is 2.44 bits per heavy atom. The van der Waals surface area contributed by atoms with Crippen LogP contribution in [0.15, 0.2) is 40.3 Å². The van der Waals surface area contributed by atoms with Crippen molar-refractivity contribution in [3.05, 3.63) is 52.2 Å². The summed E-state index contributed by atoms with van der Waals surface area (Å²) in [4.78, 5) is 24.9. The summed E-state index contributed by atoms with van der Waals surface area (Å²) in [6, 6.07) is 4.71. The molecule has 134 valence electrons. The van der Waals surface area contributed by atoms with Crippen molar-refractivity contribution in [2.24, 2.45) is 5.92 Å². The van der Waals surface area contributed by atoms with Crippen LogP contribution in [0.5, 0.6) is 0 Å². The van der Waals surface area contributed by atoms with Gasteiger partial charge < -0.3 is 0 Å². The average molecular weight is 362 g/mol. The maximum Gasteiger partial charge on any atom is 0.349 e. The molecule has 6 nitrogen and oxygen atoms in total. The van der Waals surface area contributed by atoms with Gasteiger partial charge in [0, 0.05) is 18.8 Å². The maximum absolute atomic E-state index is 12.7. The molecule has 0 saturated heterocycles. The molecule has 0 atom stereocenters. The first kappa shape index (κ1) is 17.7. The molecule has 1 aromatic carbocycles. The lowest BCUT2D eigenvalue weighted by Crippen LogP contribution is -2.32. The van der Waals surface area contributed by atoms with Gasteiger partial charge in [-0.2, -0.15) is 3.97 Å². The normalized spacial score (nSPS) is 15.6. The van der Waals surface area contributed by atoms with Crippen LogP contribution in [0, 0.1) is 19.8 Å². The van der Waals surface area contributed by atoms with Crippen LogP contribution in [0.3, 0.4) is 0 Å². The highest BCUT2D eigenvalue weighted by Gasteiger charge is 2.25. The first-order valence-electron chi connectivity index (χ1n) is 8.47. The highest BCUT2D eigenvalue weighted by atomic mass is 32.2. The summed E-state index contributed by atoms with van der Waals surface area (Å²) in [5.41, 5.74) is 0.961. The Labute approximate surface area is 147 Å². The van der Waals surface area contributed by atoms with E-state index < -0.39 is 15.7 Å². The van der Waals surface area contributed by atoms with Crippen LogP contribution in [-0.2, 0) is 10.0 Å². The topological polar surface area (TPSA) is 78.1 Å². The van der Waals surface area contributed by atoms with E-state index in [0.717, 1.165) is 47.6 Å². The van der Waals surface area contributed by atoms with Gasteiger partial charge in [0.05, 0.1) is 4.90 Å². The SMILES string of the molecule is Cc1ccc(S(=O)(=O)n2ccn(C(=O)CC3CCCC3)c2=O)cc1C. The van der Waals surface area contributed by atoms with Crippen LogP contribution >= 0.6 is 0 Å². The van der Waals surface area contributed by atoms with E-state index in [2.05, 4.69) is 0 Å². The number of imidazole rings is 1. The quantitative estimate of drug-likeness (QED) is 0.838. The van der Waals surface area contributed by atoms with Crippen molar-refractivity contribution in [2.75, 3.05) is 0 Å². The van der Waals surface area contributed by atoms with Gasteiger partial charge in [-0.1, -0.05) is 18.9 Å². The van der Waals surface area contributed by atoms with E-state index >= 15 is 0 Å². The minimum absolute atomic E-state index is 0.0405. The third kappa shape index (κ3) is 3.33. The minimum atomic E-state index is -4.02. The van der Waals surface area contributed by atoms with Gasteiger partial charge >= 0.3 is 5.69 Å². The molecule has 1 aliphatic rings. The van der Waals surface area contributed by atoms with E-state index in [-0.39, 0.29) is 17.2 Å². The summed E-state index contributed by atoms with van der Waals surface area (Å²) in [6.45, 7) is 3.70. The molecule has 1 saturated carbocycles. The predicted molar refractivity (Wildman–Crippen MR) is 94.4 cm³/mol. The number of nitrogens with zero attached hydrogens (tertiary/aromatic N) is 2. The number of hydrogen-bond donors (Lipinski definition) is 0. The van der Waals surface area contributed by atoms with Gasteiger partial charge in [0.25, 0.3) is 10.0 Å². The molecule has 1 aromatic heterocycles. The molecule has 0 aliphatic heterocycles. The van der Waals surface area contributed by atoms with Crippen molar-refractivity contribution in [3.8, 4) is 0 Å². The highest BCUT2D eigenvalue weighted by Crippen LogP contribution is 2.27. The van der Waals surface area contributed by atoms with Crippen molar-refractivity contribution >= 4 is 15.9 Å². The Hall–Kier alpha value is -2.15. The molecule has 7 heteroatoms. The number of rotatable bonds is 4. The van der Waals surface area contributed by atoms with Crippen molar-refractivity contribution in [2.45, 2.75) is 50.8 Å². The summed E-state index contributed by atoms with van der Waals surface area (Å²) in [5, 5.41) is 0. The number of aryl methyl sites for hydroxylation is 2. The molecule has 1 heterocycles. The average Bonchev–Trinajstić information content (AvgIpc) is 3.19. The molecule has 0 spiro atoms. The molecule has 2 aromatic rings. The van der Waals surface area contributed by atoms with Gasteiger partial charge in [0.1, 0.15) is 0 Å². The summed E-state index contributed by atoms with van der Waals surface area (Å²) in [5.74, 6) is -0.0509. The lowest BCUT2D eigenvalue weighted by Gasteiger charge is -2.08. The zero-order valence-electron chi connectivity index (χ0n) is 14.4. The Kier molecular flexibility index (Phi) is 4.69. The molecule has 1 aliphatic carbocycles. The molecule has 3 rings (SSSR count). The van der Waals surface area contributed by atoms with Crippen LogP contribution in [0.25, 0.3) is 0 Å². The van der Waals surface area contributed by atoms with Crippen LogP contribution in [-0.4, -0.2) is 22.9 Å². The second-order valence-corrected chi connectivity index (χ2v) is 8.56. The molecule has 1 fully saturated rings. The summed E-state index contributed by atoms with van der Waals surface area (Å²) in [6.07, 6.45) is 6.87. The van der Waals surface area contributed by atoms with E-state index in [0.29, 0.717) is 9.89 Å². The Morgan fingerprint density at radius 2 is 1.80 bits per heavy atom. The van der Waals surface area contributed by atoms with Crippen molar-refractivity contribution in [1.29, 1.82) is 0 Å². The standard InChI is InChI=1S/C18H22N2O4S/c1-13-7-8-16(11-14(13)2)25(23,24)20-10-9-19(18(20)22)17(21)12-15-5-3-4-6-15/h7-11,15H,3-6,12H2,1-2H3. The summed E-state index contributed by atoms with van der Waals surface area (Å²) < 4.78 is 27.0. The first-order valence-corrected chi connectivity index (χ1v) is 9.91. The summed E-state index contributed by atoms with van der Waals surface area (Å²) in [7, 11) is -4.02. The number of aromatic nitrogens is 2. The molecular weight excluding hydrogens is 340 g/mol. The van der Waals surface area contributed by atoms with Crippen LogP contribution < -0.4 is 5.69 Å². The molecule has 25 heavy (non-hydrogen) atoms. The van der Waals surface area contributed by atoms with Gasteiger partial charge in [0.15, 0.2) is 0 Å². The van der Waals surface area contributed by atoms with Crippen LogP contribution in [0.2, 0.25) is 0 Å². The third-order valence-corrected chi connectivity index (χ3v) is 6.63. The number of carbonyl (C=O) groups is 1. The van der Waals surface area contributed by atoms with E-state index in [1.54, 1.807) is 6.07 Å². The fourth-order valence-corrected chi connectivity index (χ4v) is 4.58. The van der Waals surface area contributed by atoms with Gasteiger partial charge in [-0.05, 0) is 55.9 Å². The molecule has 0 bridgehead atoms. The van der Waals surface area contributed by atoms with Gasteiger partial charge in [-0.15, -0.1) is 0 Å². The lowest BCUT2D eigenvalue weighted by atomic mass is 10.0. The number of benzene rings is 1. The zero-order chi connectivity index (χ0) is 18.2. The number of carbonyl (C=O) groups excluding carboxylic acids is 1. The van der Waals surface area contributed by atoms with Gasteiger partial charge in [-0.3, -0.25) is 4.79 Å². The Morgan fingerprint density at radius 1 is 1.12 bits per heavy atom. The van der Waals surface area contributed by atoms with E-state index in [9.17, 15) is 18.0 Å². The second kappa shape index (κ2) is 6.63. The molecule has 0 N–H and O–H groups in total. The van der Waals surface area contributed by atoms with Crippen molar-refractivity contribution in [3.63, 3.8) is 0 Å². The fraction of sp³-hybridized carbons (Fsp3) is 0.444. The fourth-order valence-electron chi connectivity index (χ4n) is 3.28. The minimum Gasteiger partial charge on any atom is -0.274 e. The van der Waals surface area contributed by atoms with E-state index in [1.807, 2.05) is 13.8 Å². The van der Waals surface area contributed by atoms with Gasteiger partial charge in [0.2, 0.25) is 5.91 Å². The number of hydrogen-bond acceptors (Lipinski definition) is 4. The van der Waals surface area contributed by atoms with Crippen LogP contribution in [0.4, 0.5) is 0 Å². The maximum atomic E-state index is 12.7. The second-order valence-electron chi connectivity index (χ2n) is 6.75. The monoisotopic (exact) mass is 362 g/mol. The van der Waals surface area contributed by atoms with Crippen molar-refractivity contribution in [1.82, 2.24) is 8.54 Å². The van der Waals surface area contributed by atoms with Crippen molar-refractivity contribution < 1.29 is 13.2 Å². The smallest absolute Gasteiger partial charge is 0.274 e.